The van der Waals surface area contributed by atoms with E-state index in [4.69, 9.17) is 11.6 Å². The number of aromatic nitrogens is 2. The van der Waals surface area contributed by atoms with Gasteiger partial charge in [0, 0.05) is 36.0 Å². The monoisotopic (exact) mass is 375 g/mol. The Hall–Kier alpha value is -2.54. The van der Waals surface area contributed by atoms with Crippen LogP contribution in [0, 0.1) is 13.8 Å². The van der Waals surface area contributed by atoms with Crippen LogP contribution in [-0.4, -0.2) is 52.8 Å². The molecule has 1 fully saturated rings. The zero-order valence-electron chi connectivity index (χ0n) is 14.9. The number of hydrogen-bond acceptors (Lipinski definition) is 3. The molecule has 1 N–H and O–H groups in total. The highest BCUT2D eigenvalue weighted by molar-refractivity contribution is 6.30. The molecule has 0 saturated carbocycles. The molecule has 0 unspecified atom stereocenters. The largest absolute Gasteiger partial charge is 0.353 e. The molecular weight excluding hydrogens is 354 g/mol. The Balaban J connectivity index is 1.48. The van der Waals surface area contributed by atoms with Gasteiger partial charge in [-0.05, 0) is 44.2 Å². The van der Waals surface area contributed by atoms with Gasteiger partial charge in [-0.25, -0.2) is 4.79 Å². The second kappa shape index (κ2) is 7.78. The normalized spacial score (nSPS) is 14.2. The summed E-state index contributed by atoms with van der Waals surface area (Å²) in [6, 6.07) is 8.94. The second-order valence-corrected chi connectivity index (χ2v) is 6.77. The summed E-state index contributed by atoms with van der Waals surface area (Å²) in [5.41, 5.74) is 2.80. The van der Waals surface area contributed by atoms with Gasteiger partial charge in [-0.15, -0.1) is 0 Å². The summed E-state index contributed by atoms with van der Waals surface area (Å²) in [5, 5.41) is 7.83. The summed E-state index contributed by atoms with van der Waals surface area (Å²) >= 11 is 5.88. The minimum absolute atomic E-state index is 0.0556. The van der Waals surface area contributed by atoms with Crippen LogP contribution in [0.15, 0.2) is 30.3 Å². The molecule has 138 valence electrons. The number of urea groups is 1. The quantitative estimate of drug-likeness (QED) is 0.841. The summed E-state index contributed by atoms with van der Waals surface area (Å²) in [5.74, 6) is -0.169. The Bertz CT molecular complexity index is 802. The molecule has 1 aromatic heterocycles. The highest BCUT2D eigenvalue weighted by Crippen LogP contribution is 2.22. The second-order valence-electron chi connectivity index (χ2n) is 6.33. The van der Waals surface area contributed by atoms with Crippen molar-refractivity contribution in [3.05, 3.63) is 46.7 Å². The fraction of sp³-hybridized carbons (Fsp3) is 0.389. The number of nitrogens with one attached hydrogen (secondary N) is 1. The molecule has 0 aliphatic carbocycles. The van der Waals surface area contributed by atoms with Crippen LogP contribution in [0.25, 0.3) is 0 Å². The van der Waals surface area contributed by atoms with E-state index in [1.807, 2.05) is 24.6 Å². The molecule has 0 atom stereocenters. The van der Waals surface area contributed by atoms with E-state index in [2.05, 4.69) is 10.4 Å². The predicted molar refractivity (Wildman–Crippen MR) is 100 cm³/mol. The highest BCUT2D eigenvalue weighted by atomic mass is 35.5. The van der Waals surface area contributed by atoms with E-state index in [9.17, 15) is 9.59 Å². The number of benzene rings is 1. The number of rotatable bonds is 6. The van der Waals surface area contributed by atoms with Crippen molar-refractivity contribution in [1.82, 2.24) is 20.0 Å². The maximum absolute atomic E-state index is 12.5. The lowest BCUT2D eigenvalue weighted by atomic mass is 10.3. The van der Waals surface area contributed by atoms with Crippen LogP contribution in [0.1, 0.15) is 11.4 Å². The average Bonchev–Trinajstić information content (AvgIpc) is 3.11. The Kier molecular flexibility index (Phi) is 5.46. The molecule has 1 aliphatic rings. The van der Waals surface area contributed by atoms with Crippen molar-refractivity contribution in [1.29, 1.82) is 0 Å². The lowest BCUT2D eigenvalue weighted by Crippen LogP contribution is -2.40. The Morgan fingerprint density at radius 3 is 2.62 bits per heavy atom. The van der Waals surface area contributed by atoms with E-state index in [1.54, 1.807) is 34.1 Å². The number of carbonyl (C=O) groups is 2. The fourth-order valence-corrected chi connectivity index (χ4v) is 3.15. The van der Waals surface area contributed by atoms with Crippen molar-refractivity contribution < 1.29 is 9.59 Å². The predicted octanol–water partition coefficient (Wildman–Crippen LogP) is 2.21. The summed E-state index contributed by atoms with van der Waals surface area (Å²) in [7, 11) is 0. The third kappa shape index (κ3) is 4.16. The first kappa shape index (κ1) is 18.3. The lowest BCUT2D eigenvalue weighted by Gasteiger charge is -2.18. The third-order valence-electron chi connectivity index (χ3n) is 4.32. The maximum Gasteiger partial charge on any atom is 0.325 e. The van der Waals surface area contributed by atoms with Crippen molar-refractivity contribution in [2.45, 2.75) is 20.4 Å². The summed E-state index contributed by atoms with van der Waals surface area (Å²) in [6.45, 7) is 6.13. The van der Waals surface area contributed by atoms with Crippen molar-refractivity contribution in [3.63, 3.8) is 0 Å². The standard InChI is InChI=1S/C18H22ClN5O2/c1-13-11-14(2)24(21-13)8-7-20-17(25)12-22-9-10-23(18(22)26)16-5-3-15(19)4-6-16/h3-6,11H,7-10,12H2,1-2H3,(H,20,25). The first-order chi connectivity index (χ1) is 12.4. The Morgan fingerprint density at radius 1 is 1.23 bits per heavy atom. The molecular formula is C18H22ClN5O2. The van der Waals surface area contributed by atoms with E-state index in [-0.39, 0.29) is 18.5 Å². The van der Waals surface area contributed by atoms with Gasteiger partial charge in [0.2, 0.25) is 5.91 Å². The topological polar surface area (TPSA) is 70.5 Å². The van der Waals surface area contributed by atoms with Gasteiger partial charge in [0.05, 0.1) is 12.2 Å². The van der Waals surface area contributed by atoms with Gasteiger partial charge in [-0.2, -0.15) is 5.10 Å². The van der Waals surface area contributed by atoms with Gasteiger partial charge >= 0.3 is 6.03 Å². The van der Waals surface area contributed by atoms with Crippen LogP contribution in [0.3, 0.4) is 0 Å². The van der Waals surface area contributed by atoms with Crippen LogP contribution in [0.4, 0.5) is 10.5 Å². The number of anilines is 1. The van der Waals surface area contributed by atoms with Crippen LogP contribution in [-0.2, 0) is 11.3 Å². The lowest BCUT2D eigenvalue weighted by molar-refractivity contribution is -0.121. The minimum Gasteiger partial charge on any atom is -0.353 e. The molecule has 8 heteroatoms. The first-order valence-corrected chi connectivity index (χ1v) is 8.91. The number of amides is 3. The molecule has 0 radical (unpaired) electrons. The van der Waals surface area contributed by atoms with Crippen LogP contribution < -0.4 is 10.2 Å². The van der Waals surface area contributed by atoms with E-state index < -0.39 is 0 Å². The van der Waals surface area contributed by atoms with Gasteiger partial charge < -0.3 is 10.2 Å². The first-order valence-electron chi connectivity index (χ1n) is 8.54. The van der Waals surface area contributed by atoms with E-state index in [0.29, 0.717) is 31.2 Å². The molecule has 3 rings (SSSR count). The molecule has 26 heavy (non-hydrogen) atoms. The molecule has 2 aromatic rings. The van der Waals surface area contributed by atoms with Crippen molar-refractivity contribution in [2.75, 3.05) is 31.1 Å². The summed E-state index contributed by atoms with van der Waals surface area (Å²) in [4.78, 5) is 27.8. The zero-order valence-corrected chi connectivity index (χ0v) is 15.7. The Morgan fingerprint density at radius 2 is 1.96 bits per heavy atom. The number of nitrogens with zero attached hydrogens (tertiary/aromatic N) is 4. The van der Waals surface area contributed by atoms with Crippen LogP contribution in [0.5, 0.6) is 0 Å². The van der Waals surface area contributed by atoms with Gasteiger partial charge in [0.25, 0.3) is 0 Å². The molecule has 1 aromatic carbocycles. The van der Waals surface area contributed by atoms with Gasteiger partial charge in [0.15, 0.2) is 0 Å². The number of carbonyl (C=O) groups excluding carboxylic acids is 2. The third-order valence-corrected chi connectivity index (χ3v) is 4.57. The fourth-order valence-electron chi connectivity index (χ4n) is 3.02. The van der Waals surface area contributed by atoms with Gasteiger partial charge in [0.1, 0.15) is 6.54 Å². The maximum atomic E-state index is 12.5. The van der Waals surface area contributed by atoms with Crippen molar-refractivity contribution in [3.8, 4) is 0 Å². The highest BCUT2D eigenvalue weighted by Gasteiger charge is 2.30. The van der Waals surface area contributed by atoms with Crippen LogP contribution >= 0.6 is 11.6 Å². The minimum atomic E-state index is -0.169. The van der Waals surface area contributed by atoms with Crippen molar-refractivity contribution >= 4 is 29.2 Å². The summed E-state index contributed by atoms with van der Waals surface area (Å²) < 4.78 is 1.86. The van der Waals surface area contributed by atoms with Gasteiger partial charge in [-0.3, -0.25) is 14.4 Å². The molecule has 0 spiro atoms. The zero-order chi connectivity index (χ0) is 18.7. The van der Waals surface area contributed by atoms with E-state index >= 15 is 0 Å². The smallest absolute Gasteiger partial charge is 0.325 e. The molecule has 0 bridgehead atoms. The van der Waals surface area contributed by atoms with E-state index in [1.165, 1.54) is 0 Å². The van der Waals surface area contributed by atoms with E-state index in [0.717, 1.165) is 17.1 Å². The molecule has 2 heterocycles. The molecule has 1 saturated heterocycles. The molecule has 1 aliphatic heterocycles. The average molecular weight is 376 g/mol. The van der Waals surface area contributed by atoms with Gasteiger partial charge in [-0.1, -0.05) is 11.6 Å². The number of aryl methyl sites for hydroxylation is 2. The SMILES string of the molecule is Cc1cc(C)n(CCNC(=O)CN2CCN(c3ccc(Cl)cc3)C2=O)n1. The van der Waals surface area contributed by atoms with Crippen LogP contribution in [0.2, 0.25) is 5.02 Å². The number of hydrogen-bond donors (Lipinski definition) is 1. The molecule has 3 amide bonds. The Labute approximate surface area is 157 Å². The molecule has 7 nitrogen and oxygen atoms in total. The van der Waals surface area contributed by atoms with Crippen molar-refractivity contribution in [2.24, 2.45) is 0 Å². The number of halogens is 1. The summed E-state index contributed by atoms with van der Waals surface area (Å²) in [6.07, 6.45) is 0.